The molecule has 0 radical (unpaired) electrons. The number of fused-ring (bicyclic) bond motifs is 1. The predicted octanol–water partition coefficient (Wildman–Crippen LogP) is 2.94. The number of nitrogens with zero attached hydrogens (tertiary/aromatic N) is 3. The minimum Gasteiger partial charge on any atom is -0.345 e. The molecule has 112 valence electrons. The molecule has 0 spiro atoms. The van der Waals surface area contributed by atoms with Crippen LogP contribution in [-0.2, 0) is 6.54 Å². The van der Waals surface area contributed by atoms with Crippen LogP contribution in [0.15, 0.2) is 48.8 Å². The van der Waals surface area contributed by atoms with Crippen LogP contribution in [0.25, 0.3) is 11.0 Å². The highest BCUT2D eigenvalue weighted by molar-refractivity contribution is 5.97. The zero-order valence-electron chi connectivity index (χ0n) is 12.7. The summed E-state index contributed by atoms with van der Waals surface area (Å²) in [4.78, 5) is 16.7. The highest BCUT2D eigenvalue weighted by atomic mass is 16.1. The Labute approximate surface area is 129 Å². The molecular weight excluding hydrogens is 276 g/mol. The third-order valence-corrected chi connectivity index (χ3v) is 3.68. The lowest BCUT2D eigenvalue weighted by Gasteiger charge is -2.14. The average Bonchev–Trinajstić information content (AvgIpc) is 2.97. The second kappa shape index (κ2) is 5.97. The maximum Gasteiger partial charge on any atom is 0.253 e. The summed E-state index contributed by atoms with van der Waals surface area (Å²) < 4.78 is 1.81. The van der Waals surface area contributed by atoms with Gasteiger partial charge in [-0.25, -0.2) is 9.67 Å². The van der Waals surface area contributed by atoms with Crippen molar-refractivity contribution < 1.29 is 4.79 Å². The van der Waals surface area contributed by atoms with E-state index in [1.54, 1.807) is 12.4 Å². The van der Waals surface area contributed by atoms with Crippen LogP contribution in [-0.4, -0.2) is 20.7 Å². The third-order valence-electron chi connectivity index (χ3n) is 3.68. The van der Waals surface area contributed by atoms with Crippen molar-refractivity contribution in [1.29, 1.82) is 0 Å². The lowest BCUT2D eigenvalue weighted by molar-refractivity contribution is 0.0939. The molecular formula is C17H18N4O. The Hall–Kier alpha value is -2.69. The van der Waals surface area contributed by atoms with Crippen LogP contribution < -0.4 is 5.32 Å². The molecule has 2 heterocycles. The molecule has 3 aromatic rings. The van der Waals surface area contributed by atoms with Gasteiger partial charge in [-0.1, -0.05) is 30.3 Å². The van der Waals surface area contributed by atoms with E-state index in [4.69, 9.17) is 0 Å². The zero-order chi connectivity index (χ0) is 15.5. The number of rotatable bonds is 4. The van der Waals surface area contributed by atoms with Crippen LogP contribution in [0.1, 0.15) is 35.8 Å². The minimum atomic E-state index is -0.130. The van der Waals surface area contributed by atoms with Crippen molar-refractivity contribution in [3.8, 4) is 0 Å². The number of carbonyl (C=O) groups is 1. The molecule has 0 bridgehead atoms. The molecule has 5 nitrogen and oxygen atoms in total. The number of aromatic nitrogens is 3. The first kappa shape index (κ1) is 14.3. The molecule has 2 aromatic heterocycles. The summed E-state index contributed by atoms with van der Waals surface area (Å²) in [5.74, 6) is -0.130. The Morgan fingerprint density at radius 3 is 2.77 bits per heavy atom. The zero-order valence-corrected chi connectivity index (χ0v) is 12.7. The number of hydrogen-bond acceptors (Lipinski definition) is 3. The third kappa shape index (κ3) is 2.70. The summed E-state index contributed by atoms with van der Waals surface area (Å²) in [6.07, 6.45) is 3.34. The molecule has 1 aromatic carbocycles. The number of carbonyl (C=O) groups excluding carboxylic acids is 1. The van der Waals surface area contributed by atoms with Crippen molar-refractivity contribution in [1.82, 2.24) is 20.1 Å². The number of nitrogens with one attached hydrogen (secondary N) is 1. The van der Waals surface area contributed by atoms with Gasteiger partial charge in [0.15, 0.2) is 5.65 Å². The van der Waals surface area contributed by atoms with Gasteiger partial charge < -0.3 is 5.32 Å². The van der Waals surface area contributed by atoms with Crippen LogP contribution in [0.2, 0.25) is 0 Å². The van der Waals surface area contributed by atoms with Crippen LogP contribution in [0.3, 0.4) is 0 Å². The topological polar surface area (TPSA) is 59.8 Å². The summed E-state index contributed by atoms with van der Waals surface area (Å²) in [7, 11) is 0. The normalized spacial score (nSPS) is 12.3. The van der Waals surface area contributed by atoms with Crippen LogP contribution in [0.5, 0.6) is 0 Å². The van der Waals surface area contributed by atoms with E-state index in [0.717, 1.165) is 23.1 Å². The first-order valence-electron chi connectivity index (χ1n) is 7.36. The minimum absolute atomic E-state index is 0.0530. The van der Waals surface area contributed by atoms with Gasteiger partial charge in [-0.2, -0.15) is 5.10 Å². The number of hydrogen-bond donors (Lipinski definition) is 1. The van der Waals surface area contributed by atoms with E-state index in [-0.39, 0.29) is 11.9 Å². The number of benzene rings is 1. The number of aryl methyl sites for hydroxylation is 1. The Bertz CT molecular complexity index is 795. The highest BCUT2D eigenvalue weighted by Crippen LogP contribution is 2.15. The van der Waals surface area contributed by atoms with Gasteiger partial charge in [0.2, 0.25) is 0 Å². The van der Waals surface area contributed by atoms with Gasteiger partial charge in [-0.3, -0.25) is 4.79 Å². The van der Waals surface area contributed by atoms with Gasteiger partial charge in [0, 0.05) is 18.1 Å². The standard InChI is InChI=1S/C17H18N4O/c1-3-21-16-14(11-19-21)9-15(10-18-16)17(22)20-12(2)13-7-5-4-6-8-13/h4-12H,3H2,1-2H3,(H,20,22)/t12-/m1/s1. The summed E-state index contributed by atoms with van der Waals surface area (Å²) >= 11 is 0. The Morgan fingerprint density at radius 1 is 1.27 bits per heavy atom. The fourth-order valence-corrected chi connectivity index (χ4v) is 2.43. The first-order valence-corrected chi connectivity index (χ1v) is 7.36. The van der Waals surface area contributed by atoms with Gasteiger partial charge >= 0.3 is 0 Å². The van der Waals surface area contributed by atoms with E-state index >= 15 is 0 Å². The van der Waals surface area contributed by atoms with E-state index in [2.05, 4.69) is 15.4 Å². The van der Waals surface area contributed by atoms with E-state index in [0.29, 0.717) is 5.56 Å². The molecule has 0 fully saturated rings. The maximum atomic E-state index is 12.4. The molecule has 1 atom stereocenters. The van der Waals surface area contributed by atoms with Crippen LogP contribution in [0, 0.1) is 0 Å². The van der Waals surface area contributed by atoms with Crippen molar-refractivity contribution in [3.63, 3.8) is 0 Å². The van der Waals surface area contributed by atoms with Crippen molar-refractivity contribution in [3.05, 3.63) is 59.9 Å². The number of amides is 1. The fourth-order valence-electron chi connectivity index (χ4n) is 2.43. The summed E-state index contributed by atoms with van der Waals surface area (Å²) in [5, 5.41) is 8.11. The van der Waals surface area contributed by atoms with E-state index < -0.39 is 0 Å². The Balaban J connectivity index is 1.80. The smallest absolute Gasteiger partial charge is 0.253 e. The molecule has 1 N–H and O–H groups in total. The average molecular weight is 294 g/mol. The maximum absolute atomic E-state index is 12.4. The molecule has 3 rings (SSSR count). The van der Waals surface area contributed by atoms with E-state index in [9.17, 15) is 4.79 Å². The molecule has 1 amide bonds. The van der Waals surface area contributed by atoms with Gasteiger partial charge in [-0.05, 0) is 25.5 Å². The van der Waals surface area contributed by atoms with E-state index in [1.165, 1.54) is 0 Å². The predicted molar refractivity (Wildman–Crippen MR) is 85.5 cm³/mol. The lowest BCUT2D eigenvalue weighted by Crippen LogP contribution is -2.26. The molecule has 0 aliphatic rings. The Kier molecular flexibility index (Phi) is 3.87. The highest BCUT2D eigenvalue weighted by Gasteiger charge is 2.13. The van der Waals surface area contributed by atoms with Crippen LogP contribution in [0.4, 0.5) is 0 Å². The molecule has 5 heteroatoms. The molecule has 0 aliphatic heterocycles. The molecule has 0 unspecified atom stereocenters. The van der Waals surface area contributed by atoms with Crippen molar-refractivity contribution in [2.24, 2.45) is 0 Å². The molecule has 0 saturated carbocycles. The van der Waals surface area contributed by atoms with Gasteiger partial charge in [0.25, 0.3) is 5.91 Å². The first-order chi connectivity index (χ1) is 10.7. The van der Waals surface area contributed by atoms with Crippen molar-refractivity contribution in [2.75, 3.05) is 0 Å². The fraction of sp³-hybridized carbons (Fsp3) is 0.235. The quantitative estimate of drug-likeness (QED) is 0.805. The molecule has 0 aliphatic carbocycles. The second-order valence-electron chi connectivity index (χ2n) is 5.20. The summed E-state index contributed by atoms with van der Waals surface area (Å²) in [6.45, 7) is 4.73. The van der Waals surface area contributed by atoms with Crippen molar-refractivity contribution >= 4 is 16.9 Å². The van der Waals surface area contributed by atoms with E-state index in [1.807, 2.05) is 54.9 Å². The van der Waals surface area contributed by atoms with Gasteiger partial charge in [-0.15, -0.1) is 0 Å². The monoisotopic (exact) mass is 294 g/mol. The summed E-state index contributed by atoms with van der Waals surface area (Å²) in [5.41, 5.74) is 2.42. The second-order valence-corrected chi connectivity index (χ2v) is 5.20. The van der Waals surface area contributed by atoms with Crippen LogP contribution >= 0.6 is 0 Å². The Morgan fingerprint density at radius 2 is 2.05 bits per heavy atom. The largest absolute Gasteiger partial charge is 0.345 e. The van der Waals surface area contributed by atoms with Crippen molar-refractivity contribution in [2.45, 2.75) is 26.4 Å². The van der Waals surface area contributed by atoms with Gasteiger partial charge in [0.1, 0.15) is 0 Å². The molecule has 0 saturated heterocycles. The SMILES string of the molecule is CCn1ncc2cc(C(=O)N[C@H](C)c3ccccc3)cnc21. The molecule has 22 heavy (non-hydrogen) atoms. The van der Waals surface area contributed by atoms with Gasteiger partial charge in [0.05, 0.1) is 17.8 Å². The number of pyridine rings is 1. The summed E-state index contributed by atoms with van der Waals surface area (Å²) in [6, 6.07) is 11.7. The lowest BCUT2D eigenvalue weighted by atomic mass is 10.1.